The highest BCUT2D eigenvalue weighted by atomic mass is 35.5. The van der Waals surface area contributed by atoms with Gasteiger partial charge in [0.05, 0.1) is 0 Å². The first-order valence-electron chi connectivity index (χ1n) is 5.85. The smallest absolute Gasteiger partial charge is 0.314 e. The van der Waals surface area contributed by atoms with Gasteiger partial charge in [-0.25, -0.2) is 13.6 Å². The molecule has 0 saturated carbocycles. The molecule has 2 rings (SSSR count). The number of benzene rings is 1. The highest BCUT2D eigenvalue weighted by Crippen LogP contribution is 2.24. The van der Waals surface area contributed by atoms with Crippen LogP contribution in [0.15, 0.2) is 17.7 Å². The van der Waals surface area contributed by atoms with Crippen molar-refractivity contribution in [2.24, 2.45) is 5.73 Å². The third kappa shape index (κ3) is 3.23. The standard InChI is InChI=1S/C13H13ClF2N2O/c14-9-6-11(15)10(12(16)7-9)5-8-1-3-18(4-2-8)13(17)19/h5-7H,1-4H2,(H2,17,19). The molecule has 2 amide bonds. The van der Waals surface area contributed by atoms with Gasteiger partial charge >= 0.3 is 6.03 Å². The molecule has 1 aliphatic rings. The lowest BCUT2D eigenvalue weighted by molar-refractivity contribution is 0.203. The van der Waals surface area contributed by atoms with Gasteiger partial charge in [-0.3, -0.25) is 0 Å². The third-order valence-electron chi connectivity index (χ3n) is 3.11. The van der Waals surface area contributed by atoms with Gasteiger partial charge in [0.15, 0.2) is 0 Å². The maximum absolute atomic E-state index is 13.6. The van der Waals surface area contributed by atoms with Gasteiger partial charge in [0.25, 0.3) is 0 Å². The lowest BCUT2D eigenvalue weighted by Crippen LogP contribution is -2.39. The summed E-state index contributed by atoms with van der Waals surface area (Å²) in [6, 6.07) is 1.69. The van der Waals surface area contributed by atoms with E-state index in [2.05, 4.69) is 0 Å². The van der Waals surface area contributed by atoms with Crippen molar-refractivity contribution < 1.29 is 13.6 Å². The summed E-state index contributed by atoms with van der Waals surface area (Å²) in [7, 11) is 0. The monoisotopic (exact) mass is 286 g/mol. The van der Waals surface area contributed by atoms with Crippen molar-refractivity contribution in [2.45, 2.75) is 12.8 Å². The summed E-state index contributed by atoms with van der Waals surface area (Å²) < 4.78 is 27.2. The molecule has 1 fully saturated rings. The van der Waals surface area contributed by atoms with E-state index in [9.17, 15) is 13.6 Å². The summed E-state index contributed by atoms with van der Waals surface area (Å²) in [6.07, 6.45) is 2.61. The second-order valence-electron chi connectivity index (χ2n) is 4.41. The lowest BCUT2D eigenvalue weighted by Gasteiger charge is -2.26. The van der Waals surface area contributed by atoms with Crippen LogP contribution in [0.25, 0.3) is 6.08 Å². The molecule has 0 spiro atoms. The topological polar surface area (TPSA) is 46.3 Å². The van der Waals surface area contributed by atoms with E-state index in [0.29, 0.717) is 25.9 Å². The molecule has 102 valence electrons. The summed E-state index contributed by atoms with van der Waals surface area (Å²) in [4.78, 5) is 12.5. The van der Waals surface area contributed by atoms with E-state index in [-0.39, 0.29) is 10.6 Å². The molecular formula is C13H13ClF2N2O. The zero-order chi connectivity index (χ0) is 14.0. The number of primary amides is 1. The van der Waals surface area contributed by atoms with Crippen LogP contribution in [-0.4, -0.2) is 24.0 Å². The van der Waals surface area contributed by atoms with Gasteiger partial charge in [-0.05, 0) is 31.1 Å². The molecule has 0 atom stereocenters. The molecule has 0 radical (unpaired) electrons. The number of hydrogen-bond donors (Lipinski definition) is 1. The number of nitrogens with zero attached hydrogens (tertiary/aromatic N) is 1. The molecule has 0 aromatic heterocycles. The Morgan fingerprint density at radius 2 is 1.79 bits per heavy atom. The molecule has 0 aliphatic carbocycles. The van der Waals surface area contributed by atoms with Crippen molar-refractivity contribution >= 4 is 23.7 Å². The Kier molecular flexibility index (Phi) is 4.04. The van der Waals surface area contributed by atoms with Crippen LogP contribution in [0.5, 0.6) is 0 Å². The van der Waals surface area contributed by atoms with Crippen LogP contribution in [-0.2, 0) is 0 Å². The average molecular weight is 287 g/mol. The summed E-state index contributed by atoms with van der Waals surface area (Å²) in [5.41, 5.74) is 5.96. The minimum Gasteiger partial charge on any atom is -0.351 e. The predicted octanol–water partition coefficient (Wildman–Crippen LogP) is 3.18. The van der Waals surface area contributed by atoms with Crippen LogP contribution in [0.4, 0.5) is 13.6 Å². The quantitative estimate of drug-likeness (QED) is 0.847. The van der Waals surface area contributed by atoms with E-state index in [1.54, 1.807) is 0 Å². The van der Waals surface area contributed by atoms with Crippen LogP contribution in [0.1, 0.15) is 18.4 Å². The first-order chi connectivity index (χ1) is 8.97. The highest BCUT2D eigenvalue weighted by molar-refractivity contribution is 6.30. The SMILES string of the molecule is NC(=O)N1CCC(=Cc2c(F)cc(Cl)cc2F)CC1. The molecule has 0 unspecified atom stereocenters. The van der Waals surface area contributed by atoms with Crippen LogP contribution >= 0.6 is 11.6 Å². The van der Waals surface area contributed by atoms with Crippen LogP contribution in [0.2, 0.25) is 5.02 Å². The molecule has 2 N–H and O–H groups in total. The Morgan fingerprint density at radius 1 is 1.26 bits per heavy atom. The summed E-state index contributed by atoms with van der Waals surface area (Å²) in [5.74, 6) is -1.37. The molecule has 1 saturated heterocycles. The van der Waals surface area contributed by atoms with Crippen LogP contribution < -0.4 is 5.73 Å². The molecule has 6 heteroatoms. The van der Waals surface area contributed by atoms with E-state index < -0.39 is 17.7 Å². The Labute approximate surface area is 114 Å². The van der Waals surface area contributed by atoms with Crippen molar-refractivity contribution in [1.29, 1.82) is 0 Å². The summed E-state index contributed by atoms with van der Waals surface area (Å²) in [6.45, 7) is 0.940. The number of rotatable bonds is 1. The molecule has 19 heavy (non-hydrogen) atoms. The van der Waals surface area contributed by atoms with Crippen LogP contribution in [0, 0.1) is 11.6 Å². The van der Waals surface area contributed by atoms with Gasteiger partial charge in [-0.15, -0.1) is 0 Å². The van der Waals surface area contributed by atoms with Gasteiger partial charge in [0.1, 0.15) is 11.6 Å². The van der Waals surface area contributed by atoms with Crippen LogP contribution in [0.3, 0.4) is 0 Å². The number of urea groups is 1. The van der Waals surface area contributed by atoms with Crippen molar-refractivity contribution in [3.63, 3.8) is 0 Å². The number of carbonyl (C=O) groups excluding carboxylic acids is 1. The zero-order valence-corrected chi connectivity index (χ0v) is 10.9. The van der Waals surface area contributed by atoms with Crippen molar-refractivity contribution in [1.82, 2.24) is 4.90 Å². The molecule has 0 bridgehead atoms. The Balaban J connectivity index is 2.18. The van der Waals surface area contributed by atoms with Gasteiger partial charge in [-0.1, -0.05) is 17.2 Å². The molecular weight excluding hydrogens is 274 g/mol. The Hall–Kier alpha value is -1.62. The second-order valence-corrected chi connectivity index (χ2v) is 4.85. The van der Waals surface area contributed by atoms with E-state index in [4.69, 9.17) is 17.3 Å². The fourth-order valence-electron chi connectivity index (χ4n) is 2.05. The number of piperidine rings is 1. The fourth-order valence-corrected chi connectivity index (χ4v) is 2.25. The van der Waals surface area contributed by atoms with Gasteiger partial charge in [0, 0.05) is 23.7 Å². The minimum absolute atomic E-state index is 0.0284. The van der Waals surface area contributed by atoms with E-state index in [1.807, 2.05) is 0 Å². The average Bonchev–Trinajstić information content (AvgIpc) is 2.34. The predicted molar refractivity (Wildman–Crippen MR) is 69.7 cm³/mol. The van der Waals surface area contributed by atoms with E-state index in [1.165, 1.54) is 11.0 Å². The zero-order valence-electron chi connectivity index (χ0n) is 10.1. The van der Waals surface area contributed by atoms with E-state index in [0.717, 1.165) is 17.7 Å². The maximum atomic E-state index is 13.6. The second kappa shape index (κ2) is 5.57. The number of likely N-dealkylation sites (tertiary alicyclic amines) is 1. The summed E-state index contributed by atoms with van der Waals surface area (Å²) >= 11 is 5.56. The lowest BCUT2D eigenvalue weighted by atomic mass is 10.0. The number of amides is 2. The normalized spacial score (nSPS) is 15.5. The van der Waals surface area contributed by atoms with E-state index >= 15 is 0 Å². The molecule has 1 aromatic carbocycles. The molecule has 1 aliphatic heterocycles. The molecule has 1 aromatic rings. The third-order valence-corrected chi connectivity index (χ3v) is 3.33. The first kappa shape index (κ1) is 13.8. The van der Waals surface area contributed by atoms with Crippen molar-refractivity contribution in [2.75, 3.05) is 13.1 Å². The summed E-state index contributed by atoms with van der Waals surface area (Å²) in [5, 5.41) is 0.0284. The van der Waals surface area contributed by atoms with Gasteiger partial charge < -0.3 is 10.6 Å². The fraction of sp³-hybridized carbons (Fsp3) is 0.308. The largest absolute Gasteiger partial charge is 0.351 e. The number of hydrogen-bond acceptors (Lipinski definition) is 1. The first-order valence-corrected chi connectivity index (χ1v) is 6.23. The Morgan fingerprint density at radius 3 is 2.26 bits per heavy atom. The number of halogens is 3. The maximum Gasteiger partial charge on any atom is 0.314 e. The van der Waals surface area contributed by atoms with Crippen molar-refractivity contribution in [3.8, 4) is 0 Å². The molecule has 1 heterocycles. The van der Waals surface area contributed by atoms with Crippen molar-refractivity contribution in [3.05, 3.63) is 39.9 Å². The highest BCUT2D eigenvalue weighted by Gasteiger charge is 2.17. The minimum atomic E-state index is -0.685. The van der Waals surface area contributed by atoms with Gasteiger partial charge in [0.2, 0.25) is 0 Å². The number of nitrogens with two attached hydrogens (primary N) is 1. The molecule has 3 nitrogen and oxygen atoms in total. The van der Waals surface area contributed by atoms with Gasteiger partial charge in [-0.2, -0.15) is 0 Å². The Bertz CT molecular complexity index is 512. The number of carbonyl (C=O) groups is 1.